The fourth-order valence-electron chi connectivity index (χ4n) is 3.23. The molecule has 1 aliphatic heterocycles. The number of thiophene rings is 1. The summed E-state index contributed by atoms with van der Waals surface area (Å²) in [5, 5.41) is 2.90. The van der Waals surface area contributed by atoms with Crippen LogP contribution in [-0.2, 0) is 11.3 Å². The fraction of sp³-hybridized carbons (Fsp3) is 0.400. The highest BCUT2D eigenvalue weighted by Gasteiger charge is 2.29. The van der Waals surface area contributed by atoms with Crippen LogP contribution in [0.1, 0.15) is 28.1 Å². The molecular formula is C20H22ClN3O2S. The van der Waals surface area contributed by atoms with Gasteiger partial charge in [0.1, 0.15) is 0 Å². The van der Waals surface area contributed by atoms with Crippen LogP contribution in [0.5, 0.6) is 0 Å². The van der Waals surface area contributed by atoms with Crippen molar-refractivity contribution in [2.75, 3.05) is 31.5 Å². The first kappa shape index (κ1) is 18.5. The van der Waals surface area contributed by atoms with E-state index in [-0.39, 0.29) is 17.7 Å². The van der Waals surface area contributed by atoms with E-state index in [4.69, 9.17) is 11.6 Å². The number of anilines is 1. The second kappa shape index (κ2) is 8.00. The van der Waals surface area contributed by atoms with E-state index in [0.717, 1.165) is 55.6 Å². The number of benzene rings is 1. The zero-order chi connectivity index (χ0) is 18.8. The second-order valence-electron chi connectivity index (χ2n) is 7.12. The van der Waals surface area contributed by atoms with Crippen molar-refractivity contribution in [2.45, 2.75) is 19.4 Å². The van der Waals surface area contributed by atoms with Crippen LogP contribution in [0.2, 0.25) is 4.34 Å². The Bertz CT molecular complexity index is 824. The molecule has 0 spiro atoms. The molecule has 2 amide bonds. The lowest BCUT2D eigenvalue weighted by molar-refractivity contribution is -0.117. The maximum absolute atomic E-state index is 12.7. The Morgan fingerprint density at radius 2 is 1.74 bits per heavy atom. The molecule has 4 rings (SSSR count). The summed E-state index contributed by atoms with van der Waals surface area (Å²) in [6.07, 6.45) is 1.96. The number of halogens is 1. The van der Waals surface area contributed by atoms with Crippen LogP contribution in [0.25, 0.3) is 0 Å². The number of nitrogens with one attached hydrogen (secondary N) is 1. The Balaban J connectivity index is 1.29. The highest BCUT2D eigenvalue weighted by atomic mass is 35.5. The van der Waals surface area contributed by atoms with Crippen LogP contribution in [0.3, 0.4) is 0 Å². The van der Waals surface area contributed by atoms with Crippen LogP contribution in [-0.4, -0.2) is 47.8 Å². The average Bonchev–Trinajstić information content (AvgIpc) is 3.46. The molecule has 27 heavy (non-hydrogen) atoms. The van der Waals surface area contributed by atoms with Crippen molar-refractivity contribution in [3.8, 4) is 0 Å². The van der Waals surface area contributed by atoms with Crippen molar-refractivity contribution in [3.05, 3.63) is 51.2 Å². The van der Waals surface area contributed by atoms with E-state index in [1.165, 1.54) is 4.88 Å². The van der Waals surface area contributed by atoms with Gasteiger partial charge in [-0.2, -0.15) is 0 Å². The van der Waals surface area contributed by atoms with Gasteiger partial charge in [-0.1, -0.05) is 11.6 Å². The van der Waals surface area contributed by atoms with E-state index >= 15 is 0 Å². The molecule has 0 bridgehead atoms. The van der Waals surface area contributed by atoms with Crippen LogP contribution < -0.4 is 5.32 Å². The monoisotopic (exact) mass is 403 g/mol. The molecule has 5 nitrogen and oxygen atoms in total. The van der Waals surface area contributed by atoms with Crippen LogP contribution in [0.15, 0.2) is 36.4 Å². The van der Waals surface area contributed by atoms with E-state index in [2.05, 4.69) is 16.3 Å². The Labute approximate surface area is 167 Å². The summed E-state index contributed by atoms with van der Waals surface area (Å²) in [6, 6.07) is 11.2. The molecule has 2 heterocycles. The number of hydrogen-bond acceptors (Lipinski definition) is 4. The van der Waals surface area contributed by atoms with Crippen molar-refractivity contribution in [3.63, 3.8) is 0 Å². The normalized spacial score (nSPS) is 17.7. The third kappa shape index (κ3) is 4.69. The molecule has 2 fully saturated rings. The van der Waals surface area contributed by atoms with Gasteiger partial charge >= 0.3 is 0 Å². The summed E-state index contributed by atoms with van der Waals surface area (Å²) in [5.41, 5.74) is 1.42. The SMILES string of the molecule is O=C(Nc1ccc(C(=O)N2CCN(Cc3ccc(Cl)s3)CC2)cc1)C1CC1. The lowest BCUT2D eigenvalue weighted by Crippen LogP contribution is -2.48. The molecule has 2 aliphatic rings. The minimum atomic E-state index is 0.0499. The maximum Gasteiger partial charge on any atom is 0.253 e. The molecule has 0 atom stereocenters. The minimum Gasteiger partial charge on any atom is -0.336 e. The predicted octanol–water partition coefficient (Wildman–Crippen LogP) is 3.71. The van der Waals surface area contributed by atoms with E-state index in [1.54, 1.807) is 23.5 Å². The highest BCUT2D eigenvalue weighted by Crippen LogP contribution is 2.30. The summed E-state index contributed by atoms with van der Waals surface area (Å²) < 4.78 is 0.815. The molecule has 0 radical (unpaired) electrons. The van der Waals surface area contributed by atoms with Gasteiger partial charge in [0.05, 0.1) is 4.34 Å². The zero-order valence-corrected chi connectivity index (χ0v) is 16.6. The van der Waals surface area contributed by atoms with Crippen molar-refractivity contribution in [1.82, 2.24) is 9.80 Å². The fourth-order valence-corrected chi connectivity index (χ4v) is 4.36. The number of piperazine rings is 1. The first-order valence-corrected chi connectivity index (χ1v) is 10.4. The van der Waals surface area contributed by atoms with Crippen molar-refractivity contribution < 1.29 is 9.59 Å². The van der Waals surface area contributed by atoms with Gasteiger partial charge in [0.2, 0.25) is 5.91 Å². The Morgan fingerprint density at radius 1 is 1.04 bits per heavy atom. The lowest BCUT2D eigenvalue weighted by atomic mass is 10.1. The lowest BCUT2D eigenvalue weighted by Gasteiger charge is -2.34. The van der Waals surface area contributed by atoms with Gasteiger partial charge < -0.3 is 10.2 Å². The molecule has 0 unspecified atom stereocenters. The number of rotatable bonds is 5. The number of nitrogens with zero attached hydrogens (tertiary/aromatic N) is 2. The van der Waals surface area contributed by atoms with Gasteiger partial charge in [0.25, 0.3) is 5.91 Å². The average molecular weight is 404 g/mol. The van der Waals surface area contributed by atoms with Crippen LogP contribution in [0, 0.1) is 5.92 Å². The Kier molecular flexibility index (Phi) is 5.48. The van der Waals surface area contributed by atoms with Crippen molar-refractivity contribution in [2.24, 2.45) is 5.92 Å². The van der Waals surface area contributed by atoms with Gasteiger partial charge in [0, 0.05) is 54.8 Å². The first-order valence-electron chi connectivity index (χ1n) is 9.25. The maximum atomic E-state index is 12.7. The van der Waals surface area contributed by atoms with Gasteiger partial charge in [-0.25, -0.2) is 0 Å². The molecule has 1 aromatic carbocycles. The molecule has 1 aliphatic carbocycles. The summed E-state index contributed by atoms with van der Waals surface area (Å²) in [6.45, 7) is 4.04. The first-order chi connectivity index (χ1) is 13.1. The standard InChI is InChI=1S/C20H22ClN3O2S/c21-18-8-7-17(27-18)13-23-9-11-24(12-10-23)20(26)15-3-5-16(6-4-15)22-19(25)14-1-2-14/h3-8,14H,1-2,9-13H2,(H,22,25). The van der Waals surface area contributed by atoms with Crippen LogP contribution >= 0.6 is 22.9 Å². The van der Waals surface area contributed by atoms with Crippen LogP contribution in [0.4, 0.5) is 5.69 Å². The third-order valence-corrected chi connectivity index (χ3v) is 6.23. The van der Waals surface area contributed by atoms with Gasteiger partial charge in [-0.05, 0) is 49.2 Å². The summed E-state index contributed by atoms with van der Waals surface area (Å²) >= 11 is 7.60. The van der Waals surface area contributed by atoms with Crippen molar-refractivity contribution in [1.29, 1.82) is 0 Å². The molecule has 1 aromatic heterocycles. The molecule has 1 N–H and O–H groups in total. The number of carbonyl (C=O) groups excluding carboxylic acids is 2. The van der Waals surface area contributed by atoms with E-state index < -0.39 is 0 Å². The molecule has 142 valence electrons. The molecule has 7 heteroatoms. The van der Waals surface area contributed by atoms with E-state index in [9.17, 15) is 9.59 Å². The minimum absolute atomic E-state index is 0.0499. The van der Waals surface area contributed by atoms with Gasteiger partial charge in [0.15, 0.2) is 0 Å². The highest BCUT2D eigenvalue weighted by molar-refractivity contribution is 7.16. The van der Waals surface area contributed by atoms with E-state index in [1.807, 2.05) is 23.1 Å². The number of amides is 2. The summed E-state index contributed by atoms with van der Waals surface area (Å²) in [5.74, 6) is 0.305. The third-order valence-electron chi connectivity index (χ3n) is 5.02. The molecular weight excluding hydrogens is 382 g/mol. The zero-order valence-electron chi connectivity index (χ0n) is 15.0. The Morgan fingerprint density at radius 3 is 2.33 bits per heavy atom. The topological polar surface area (TPSA) is 52.7 Å². The summed E-state index contributed by atoms with van der Waals surface area (Å²) in [7, 11) is 0. The quantitative estimate of drug-likeness (QED) is 0.828. The number of carbonyl (C=O) groups is 2. The Hall–Kier alpha value is -1.89. The second-order valence-corrected chi connectivity index (χ2v) is 8.91. The van der Waals surface area contributed by atoms with Crippen molar-refractivity contribution >= 4 is 40.4 Å². The molecule has 2 aromatic rings. The summed E-state index contributed by atoms with van der Waals surface area (Å²) in [4.78, 5) is 30.0. The smallest absolute Gasteiger partial charge is 0.253 e. The number of hydrogen-bond donors (Lipinski definition) is 1. The van der Waals surface area contributed by atoms with Gasteiger partial charge in [-0.15, -0.1) is 11.3 Å². The predicted molar refractivity (Wildman–Crippen MR) is 108 cm³/mol. The van der Waals surface area contributed by atoms with E-state index in [0.29, 0.717) is 5.56 Å². The molecule has 1 saturated heterocycles. The van der Waals surface area contributed by atoms with Gasteiger partial charge in [-0.3, -0.25) is 14.5 Å². The largest absolute Gasteiger partial charge is 0.336 e. The molecule has 1 saturated carbocycles.